The van der Waals surface area contributed by atoms with E-state index >= 15 is 0 Å². The van der Waals surface area contributed by atoms with E-state index in [0.717, 1.165) is 35.3 Å². The highest BCUT2D eigenvalue weighted by Crippen LogP contribution is 2.42. The van der Waals surface area contributed by atoms with Crippen LogP contribution in [0.4, 0.5) is 0 Å². The molecule has 0 saturated carbocycles. The standard InChI is InChI=1S/C18H22N2O3/c1-22-16-7-11-3-4-15(19)18(14(11)8-17(16)23-2)13-5-6-20-9-12(13)10-21/h5-9,15,18,21H,3-4,10,19H2,1-2H3/t15-,18-/m0/s1. The molecule has 0 radical (unpaired) electrons. The van der Waals surface area contributed by atoms with Crippen LogP contribution in [-0.2, 0) is 13.0 Å². The molecule has 5 heteroatoms. The average molecular weight is 314 g/mol. The third-order valence-corrected chi connectivity index (χ3v) is 4.60. The largest absolute Gasteiger partial charge is 0.493 e. The molecule has 0 unspecified atom stereocenters. The molecule has 1 aromatic carbocycles. The maximum absolute atomic E-state index is 9.64. The van der Waals surface area contributed by atoms with Gasteiger partial charge >= 0.3 is 0 Å². The summed E-state index contributed by atoms with van der Waals surface area (Å²) in [5.41, 5.74) is 10.6. The van der Waals surface area contributed by atoms with Crippen molar-refractivity contribution >= 4 is 0 Å². The molecule has 2 atom stereocenters. The Morgan fingerprint density at radius 2 is 1.96 bits per heavy atom. The first-order chi connectivity index (χ1) is 11.2. The summed E-state index contributed by atoms with van der Waals surface area (Å²) < 4.78 is 10.9. The van der Waals surface area contributed by atoms with Gasteiger partial charge in [0, 0.05) is 24.4 Å². The monoisotopic (exact) mass is 314 g/mol. The number of rotatable bonds is 4. The SMILES string of the molecule is COc1cc2c(cc1OC)[C@H](c1ccncc1CO)[C@@H](N)CC2. The predicted molar refractivity (Wildman–Crippen MR) is 87.8 cm³/mol. The lowest BCUT2D eigenvalue weighted by atomic mass is 9.75. The molecule has 0 saturated heterocycles. The summed E-state index contributed by atoms with van der Waals surface area (Å²) >= 11 is 0. The van der Waals surface area contributed by atoms with Gasteiger partial charge in [0.25, 0.3) is 0 Å². The van der Waals surface area contributed by atoms with Gasteiger partial charge in [-0.15, -0.1) is 0 Å². The van der Waals surface area contributed by atoms with Crippen molar-refractivity contribution in [1.82, 2.24) is 4.98 Å². The average Bonchev–Trinajstić information content (AvgIpc) is 2.60. The molecule has 0 spiro atoms. The molecule has 1 aromatic heterocycles. The summed E-state index contributed by atoms with van der Waals surface area (Å²) in [6.45, 7) is -0.0466. The molecule has 2 aromatic rings. The minimum Gasteiger partial charge on any atom is -0.493 e. The molecule has 3 N–H and O–H groups in total. The van der Waals surface area contributed by atoms with Gasteiger partial charge in [-0.1, -0.05) is 0 Å². The van der Waals surface area contributed by atoms with Crippen LogP contribution in [0.5, 0.6) is 11.5 Å². The first-order valence-electron chi connectivity index (χ1n) is 7.73. The second-order valence-electron chi connectivity index (χ2n) is 5.82. The number of aliphatic hydroxyl groups is 1. The first kappa shape index (κ1) is 15.8. The molecule has 0 aliphatic heterocycles. The summed E-state index contributed by atoms with van der Waals surface area (Å²) in [6.07, 6.45) is 5.25. The van der Waals surface area contributed by atoms with Gasteiger partial charge in [-0.2, -0.15) is 0 Å². The Morgan fingerprint density at radius 3 is 2.65 bits per heavy atom. The predicted octanol–water partition coefficient (Wildman–Crippen LogP) is 2.00. The minimum absolute atomic E-state index is 0.00620. The molecular weight excluding hydrogens is 292 g/mol. The van der Waals surface area contributed by atoms with E-state index in [0.29, 0.717) is 5.75 Å². The number of nitrogens with zero attached hydrogens (tertiary/aromatic N) is 1. The van der Waals surface area contributed by atoms with E-state index in [4.69, 9.17) is 15.2 Å². The lowest BCUT2D eigenvalue weighted by Gasteiger charge is -2.33. The number of aliphatic hydroxyl groups excluding tert-OH is 1. The zero-order chi connectivity index (χ0) is 16.4. The maximum atomic E-state index is 9.64. The molecule has 23 heavy (non-hydrogen) atoms. The lowest BCUT2D eigenvalue weighted by Crippen LogP contribution is -2.34. The second-order valence-corrected chi connectivity index (χ2v) is 5.82. The quantitative estimate of drug-likeness (QED) is 0.902. The highest BCUT2D eigenvalue weighted by atomic mass is 16.5. The molecular formula is C18H22N2O3. The van der Waals surface area contributed by atoms with Crippen LogP contribution < -0.4 is 15.2 Å². The molecule has 1 aliphatic carbocycles. The summed E-state index contributed by atoms with van der Waals surface area (Å²) in [7, 11) is 3.27. The van der Waals surface area contributed by atoms with Crippen LogP contribution in [0.25, 0.3) is 0 Å². The zero-order valence-corrected chi connectivity index (χ0v) is 13.5. The van der Waals surface area contributed by atoms with E-state index in [1.165, 1.54) is 5.56 Å². The normalized spacial score (nSPS) is 20.0. The smallest absolute Gasteiger partial charge is 0.161 e. The maximum Gasteiger partial charge on any atom is 0.161 e. The Balaban J connectivity index is 2.16. The van der Waals surface area contributed by atoms with E-state index in [1.54, 1.807) is 26.6 Å². The van der Waals surface area contributed by atoms with Crippen LogP contribution in [-0.4, -0.2) is 30.4 Å². The van der Waals surface area contributed by atoms with Crippen LogP contribution in [0.1, 0.15) is 34.6 Å². The van der Waals surface area contributed by atoms with Crippen molar-refractivity contribution in [1.29, 1.82) is 0 Å². The van der Waals surface area contributed by atoms with Crippen molar-refractivity contribution in [2.24, 2.45) is 5.73 Å². The fraction of sp³-hybridized carbons (Fsp3) is 0.389. The van der Waals surface area contributed by atoms with E-state index in [9.17, 15) is 5.11 Å². The van der Waals surface area contributed by atoms with Gasteiger partial charge in [0.05, 0.1) is 20.8 Å². The first-order valence-corrected chi connectivity index (χ1v) is 7.73. The molecule has 3 rings (SSSR count). The van der Waals surface area contributed by atoms with Crippen molar-refractivity contribution in [3.8, 4) is 11.5 Å². The third kappa shape index (κ3) is 2.78. The number of pyridine rings is 1. The number of nitrogens with two attached hydrogens (primary N) is 1. The number of methoxy groups -OCH3 is 2. The Bertz CT molecular complexity index is 703. The highest BCUT2D eigenvalue weighted by Gasteiger charge is 2.31. The van der Waals surface area contributed by atoms with Crippen molar-refractivity contribution in [2.45, 2.75) is 31.4 Å². The van der Waals surface area contributed by atoms with Gasteiger partial charge in [-0.25, -0.2) is 0 Å². The Hall–Kier alpha value is -2.11. The Morgan fingerprint density at radius 1 is 1.22 bits per heavy atom. The number of benzene rings is 1. The second kappa shape index (κ2) is 6.56. The summed E-state index contributed by atoms with van der Waals surface area (Å²) in [5.74, 6) is 1.45. The van der Waals surface area contributed by atoms with Crippen LogP contribution in [0.2, 0.25) is 0 Å². The van der Waals surface area contributed by atoms with Gasteiger partial charge in [0.2, 0.25) is 0 Å². The minimum atomic E-state index is -0.0466. The van der Waals surface area contributed by atoms with Gasteiger partial charge in [-0.3, -0.25) is 4.98 Å². The fourth-order valence-corrected chi connectivity index (χ4v) is 3.43. The lowest BCUT2D eigenvalue weighted by molar-refractivity contribution is 0.279. The summed E-state index contributed by atoms with van der Waals surface area (Å²) in [4.78, 5) is 4.11. The summed E-state index contributed by atoms with van der Waals surface area (Å²) in [5, 5.41) is 9.64. The molecule has 0 fully saturated rings. The van der Waals surface area contributed by atoms with E-state index in [2.05, 4.69) is 4.98 Å². The fourth-order valence-electron chi connectivity index (χ4n) is 3.43. The third-order valence-electron chi connectivity index (χ3n) is 4.60. The van der Waals surface area contributed by atoms with Crippen molar-refractivity contribution in [3.63, 3.8) is 0 Å². The summed E-state index contributed by atoms with van der Waals surface area (Å²) in [6, 6.07) is 5.99. The number of aryl methyl sites for hydroxylation is 1. The number of hydrogen-bond donors (Lipinski definition) is 2. The highest BCUT2D eigenvalue weighted by molar-refractivity contribution is 5.53. The van der Waals surface area contributed by atoms with Crippen molar-refractivity contribution in [3.05, 3.63) is 52.8 Å². The van der Waals surface area contributed by atoms with Crippen LogP contribution in [0.15, 0.2) is 30.6 Å². The topological polar surface area (TPSA) is 77.6 Å². The molecule has 0 bridgehead atoms. The number of fused-ring (bicyclic) bond motifs is 1. The molecule has 122 valence electrons. The van der Waals surface area contributed by atoms with E-state index < -0.39 is 0 Å². The molecule has 5 nitrogen and oxygen atoms in total. The Labute approximate surface area is 136 Å². The van der Waals surface area contributed by atoms with Gasteiger partial charge in [0.1, 0.15) is 0 Å². The van der Waals surface area contributed by atoms with Crippen LogP contribution >= 0.6 is 0 Å². The van der Waals surface area contributed by atoms with E-state index in [-0.39, 0.29) is 18.6 Å². The number of ether oxygens (including phenoxy) is 2. The zero-order valence-electron chi connectivity index (χ0n) is 13.5. The number of aromatic nitrogens is 1. The van der Waals surface area contributed by atoms with Gasteiger partial charge in [-0.05, 0) is 53.3 Å². The number of hydrogen-bond acceptors (Lipinski definition) is 5. The molecule has 1 heterocycles. The van der Waals surface area contributed by atoms with Crippen molar-refractivity contribution in [2.75, 3.05) is 14.2 Å². The van der Waals surface area contributed by atoms with Crippen LogP contribution in [0.3, 0.4) is 0 Å². The Kier molecular flexibility index (Phi) is 4.50. The molecule has 1 aliphatic rings. The van der Waals surface area contributed by atoms with Gasteiger partial charge in [0.15, 0.2) is 11.5 Å². The van der Waals surface area contributed by atoms with E-state index in [1.807, 2.05) is 18.2 Å². The van der Waals surface area contributed by atoms with Crippen LogP contribution in [0, 0.1) is 0 Å². The van der Waals surface area contributed by atoms with Gasteiger partial charge < -0.3 is 20.3 Å². The molecule has 0 amide bonds. The van der Waals surface area contributed by atoms with Crippen molar-refractivity contribution < 1.29 is 14.6 Å².